The second kappa shape index (κ2) is 13.7. The van der Waals surface area contributed by atoms with E-state index in [1.807, 2.05) is 6.07 Å². The predicted molar refractivity (Wildman–Crippen MR) is 120 cm³/mol. The van der Waals surface area contributed by atoms with E-state index in [2.05, 4.69) is 54.8 Å². The minimum Gasteiger partial charge on any atom is -0.287 e. The molecule has 10 nitrogen and oxygen atoms in total. The highest BCUT2D eigenvalue weighted by atomic mass is 16.2. The van der Waals surface area contributed by atoms with Gasteiger partial charge in [0, 0.05) is 27.5 Å². The smallest absolute Gasteiger partial charge is 0.249 e. The zero-order chi connectivity index (χ0) is 23.0. The lowest BCUT2D eigenvalue weighted by Crippen LogP contribution is -1.99. The van der Waals surface area contributed by atoms with Crippen LogP contribution in [0.25, 0.3) is 20.9 Å². The van der Waals surface area contributed by atoms with Crippen LogP contribution < -0.4 is 5.43 Å². The highest BCUT2D eigenvalue weighted by molar-refractivity contribution is 5.95. The number of amides is 2. The maximum Gasteiger partial charge on any atom is 0.249 e. The molecule has 4 rings (SSSR count). The molecule has 10 heteroatoms. The molecule has 32 heavy (non-hydrogen) atoms. The summed E-state index contributed by atoms with van der Waals surface area (Å²) in [6.07, 6.45) is 0. The Hall–Kier alpha value is -4.46. The molecule has 0 saturated carbocycles. The van der Waals surface area contributed by atoms with Gasteiger partial charge in [-0.25, -0.2) is 10.4 Å². The Morgan fingerprint density at radius 1 is 0.750 bits per heavy atom. The van der Waals surface area contributed by atoms with Gasteiger partial charge < -0.3 is 0 Å². The van der Waals surface area contributed by atoms with E-state index in [0.29, 0.717) is 11.1 Å². The first-order valence-electron chi connectivity index (χ1n) is 9.45. The fourth-order valence-corrected chi connectivity index (χ4v) is 2.32. The summed E-state index contributed by atoms with van der Waals surface area (Å²) in [6.45, 7) is 2.07. The summed E-state index contributed by atoms with van der Waals surface area (Å²) in [4.78, 5) is 26.4. The third-order valence-electron chi connectivity index (χ3n) is 3.91. The first-order valence-corrected chi connectivity index (χ1v) is 9.45. The fraction of sp³-hybridized carbons (Fsp3) is 0.0909. The SMILES string of the molecule is [N-]=[N+]=NC(=O)c1ccccc1.[N-]=[N+]=NC(=O)c1ccccc1.c1ccc(CN2CN2)cc1. The first-order chi connectivity index (χ1) is 15.6. The lowest BCUT2D eigenvalue weighted by Gasteiger charge is -1.97. The van der Waals surface area contributed by atoms with Crippen LogP contribution >= 0.6 is 0 Å². The van der Waals surface area contributed by atoms with Crippen molar-refractivity contribution < 1.29 is 9.59 Å². The Morgan fingerprint density at radius 2 is 1.12 bits per heavy atom. The molecule has 1 fully saturated rings. The summed E-state index contributed by atoms with van der Waals surface area (Å²) in [7, 11) is 0. The van der Waals surface area contributed by atoms with E-state index < -0.39 is 11.8 Å². The number of hydrogen-bond acceptors (Lipinski definition) is 4. The number of carbonyl (C=O) groups is 2. The van der Waals surface area contributed by atoms with Crippen LogP contribution in [0.4, 0.5) is 0 Å². The quantitative estimate of drug-likeness (QED) is 0.261. The molecule has 3 aromatic rings. The fourth-order valence-electron chi connectivity index (χ4n) is 2.32. The number of nitrogens with one attached hydrogen (secondary N) is 1. The standard InChI is InChI=1S/C8H10N2.2C7H5N3O/c1-2-4-8(5-3-1)6-10-7-9-10;2*8-10-9-7(11)6-4-2-1-3-5-6/h1-5,9H,6-7H2;2*1-5H. The average molecular weight is 428 g/mol. The van der Waals surface area contributed by atoms with Gasteiger partial charge in [0.05, 0.1) is 6.67 Å². The Morgan fingerprint density at radius 3 is 1.47 bits per heavy atom. The van der Waals surface area contributed by atoms with Crippen molar-refractivity contribution in [2.24, 2.45) is 10.2 Å². The van der Waals surface area contributed by atoms with Crippen molar-refractivity contribution in [3.05, 3.63) is 129 Å². The van der Waals surface area contributed by atoms with E-state index in [1.165, 1.54) is 5.56 Å². The van der Waals surface area contributed by atoms with E-state index >= 15 is 0 Å². The van der Waals surface area contributed by atoms with Crippen molar-refractivity contribution in [1.82, 2.24) is 10.4 Å². The molecule has 1 heterocycles. The average Bonchev–Trinajstić information content (AvgIpc) is 3.66. The summed E-state index contributed by atoms with van der Waals surface area (Å²) < 4.78 is 0. The molecule has 1 atom stereocenters. The summed E-state index contributed by atoms with van der Waals surface area (Å²) in [5.41, 5.74) is 21.2. The van der Waals surface area contributed by atoms with Gasteiger partial charge in [-0.1, -0.05) is 91.0 Å². The largest absolute Gasteiger partial charge is 0.287 e. The highest BCUT2D eigenvalue weighted by Crippen LogP contribution is 2.05. The van der Waals surface area contributed by atoms with Gasteiger partial charge >= 0.3 is 0 Å². The molecule has 160 valence electrons. The second-order valence-electron chi connectivity index (χ2n) is 6.22. The molecule has 3 aromatic carbocycles. The van der Waals surface area contributed by atoms with Crippen molar-refractivity contribution in [1.29, 1.82) is 0 Å². The normalized spacial score (nSPS) is 12.8. The predicted octanol–water partition coefficient (Wildman–Crippen LogP) is 5.24. The number of hydrogen-bond donors (Lipinski definition) is 1. The first kappa shape index (κ1) is 23.8. The van der Waals surface area contributed by atoms with E-state index in [1.54, 1.807) is 60.7 Å². The minimum absolute atomic E-state index is 0.408. The second-order valence-corrected chi connectivity index (χ2v) is 6.22. The maximum absolute atomic E-state index is 10.8. The number of azide groups is 2. The van der Waals surface area contributed by atoms with E-state index in [4.69, 9.17) is 11.1 Å². The molecule has 1 N–H and O–H groups in total. The highest BCUT2D eigenvalue weighted by Gasteiger charge is 2.14. The van der Waals surface area contributed by atoms with Crippen LogP contribution in [0.5, 0.6) is 0 Å². The topological polar surface area (TPSA) is 157 Å². The van der Waals surface area contributed by atoms with Gasteiger partial charge in [0.1, 0.15) is 0 Å². The molecular weight excluding hydrogens is 408 g/mol. The molecule has 0 aromatic heterocycles. The number of benzene rings is 3. The Bertz CT molecular complexity index is 1030. The zero-order valence-corrected chi connectivity index (χ0v) is 17.0. The number of nitrogens with zero attached hydrogens (tertiary/aromatic N) is 7. The lowest BCUT2D eigenvalue weighted by molar-refractivity contribution is 0.0992. The Labute approximate surface area is 184 Å². The van der Waals surface area contributed by atoms with Gasteiger partial charge in [-0.05, 0) is 26.9 Å². The van der Waals surface area contributed by atoms with Crippen molar-refractivity contribution in [3.8, 4) is 0 Å². The van der Waals surface area contributed by atoms with Crippen molar-refractivity contribution >= 4 is 11.8 Å². The van der Waals surface area contributed by atoms with E-state index in [9.17, 15) is 9.59 Å². The molecule has 1 aliphatic rings. The van der Waals surface area contributed by atoms with Crippen LogP contribution in [0.2, 0.25) is 0 Å². The molecule has 1 saturated heterocycles. The summed E-state index contributed by atoms with van der Waals surface area (Å²) >= 11 is 0. The maximum atomic E-state index is 10.8. The minimum atomic E-state index is -0.548. The van der Waals surface area contributed by atoms with Crippen molar-refractivity contribution in [2.45, 2.75) is 6.54 Å². The molecule has 1 unspecified atom stereocenters. The van der Waals surface area contributed by atoms with Crippen LogP contribution in [0.1, 0.15) is 26.3 Å². The van der Waals surface area contributed by atoms with Crippen molar-refractivity contribution in [2.75, 3.05) is 6.67 Å². The third-order valence-corrected chi connectivity index (χ3v) is 3.91. The van der Waals surface area contributed by atoms with Gasteiger partial charge in [-0.3, -0.25) is 9.59 Å². The molecule has 2 amide bonds. The molecule has 0 spiro atoms. The van der Waals surface area contributed by atoms with Gasteiger partial charge in [0.15, 0.2) is 0 Å². The number of hydrazine groups is 1. The van der Waals surface area contributed by atoms with Gasteiger partial charge in [-0.2, -0.15) is 0 Å². The van der Waals surface area contributed by atoms with E-state index in [0.717, 1.165) is 13.2 Å². The number of carbonyl (C=O) groups excluding carboxylic acids is 2. The third kappa shape index (κ3) is 9.36. The Balaban J connectivity index is 0.000000170. The van der Waals surface area contributed by atoms with Crippen LogP contribution in [0, 0.1) is 0 Å². The zero-order valence-electron chi connectivity index (χ0n) is 17.0. The molecule has 0 aliphatic carbocycles. The van der Waals surface area contributed by atoms with Crippen LogP contribution in [-0.4, -0.2) is 23.5 Å². The Kier molecular flexibility index (Phi) is 10.2. The van der Waals surface area contributed by atoms with Gasteiger partial charge in [0.25, 0.3) is 0 Å². The summed E-state index contributed by atoms with van der Waals surface area (Å²) in [5, 5.41) is 8.04. The van der Waals surface area contributed by atoms with Crippen LogP contribution in [0.15, 0.2) is 101 Å². The van der Waals surface area contributed by atoms with Crippen molar-refractivity contribution in [3.63, 3.8) is 0 Å². The molecule has 0 bridgehead atoms. The molecular formula is C22H20N8O2. The van der Waals surface area contributed by atoms with Crippen LogP contribution in [0.3, 0.4) is 0 Å². The molecule has 1 aliphatic heterocycles. The number of rotatable bonds is 4. The lowest BCUT2D eigenvalue weighted by atomic mass is 10.2. The summed E-state index contributed by atoms with van der Waals surface area (Å²) in [5.74, 6) is -1.10. The summed E-state index contributed by atoms with van der Waals surface area (Å²) in [6, 6.07) is 27.2. The molecule has 0 radical (unpaired) electrons. The van der Waals surface area contributed by atoms with Gasteiger partial charge in [0.2, 0.25) is 11.8 Å². The van der Waals surface area contributed by atoms with Crippen LogP contribution in [-0.2, 0) is 6.54 Å². The van der Waals surface area contributed by atoms with E-state index in [-0.39, 0.29) is 0 Å². The monoisotopic (exact) mass is 428 g/mol. The van der Waals surface area contributed by atoms with Gasteiger partial charge in [-0.15, -0.1) is 0 Å².